The fourth-order valence-corrected chi connectivity index (χ4v) is 2.76. The molecular weight excluding hydrogens is 383 g/mol. The molecule has 0 aliphatic rings. The van der Waals surface area contributed by atoms with Crippen LogP contribution < -0.4 is 0 Å². The first-order valence-corrected chi connectivity index (χ1v) is 8.41. The van der Waals surface area contributed by atoms with Crippen LogP contribution >= 0.6 is 27.7 Å². The summed E-state index contributed by atoms with van der Waals surface area (Å²) in [5.74, 6) is 0.0658. The molecule has 0 bridgehead atoms. The van der Waals surface area contributed by atoms with E-state index in [-0.39, 0.29) is 17.4 Å². The summed E-state index contributed by atoms with van der Waals surface area (Å²) in [4.78, 5) is 16.3. The van der Waals surface area contributed by atoms with E-state index in [0.717, 1.165) is 10.0 Å². The van der Waals surface area contributed by atoms with E-state index in [2.05, 4.69) is 26.1 Å². The van der Waals surface area contributed by atoms with Crippen LogP contribution in [0.25, 0.3) is 11.5 Å². The smallest absolute Gasteiger partial charge is 0.258 e. The normalized spacial score (nSPS) is 10.7. The van der Waals surface area contributed by atoms with Crippen molar-refractivity contribution in [3.8, 4) is 11.5 Å². The van der Waals surface area contributed by atoms with Crippen LogP contribution in [-0.2, 0) is 0 Å². The van der Waals surface area contributed by atoms with Crippen molar-refractivity contribution >= 4 is 33.5 Å². The van der Waals surface area contributed by atoms with Crippen LogP contribution in [0.4, 0.5) is 4.39 Å². The summed E-state index contributed by atoms with van der Waals surface area (Å²) in [5.41, 5.74) is 1.26. The first kappa shape index (κ1) is 15.9. The molecule has 0 unspecified atom stereocenters. The Morgan fingerprint density at radius 2 is 1.83 bits per heavy atom. The van der Waals surface area contributed by atoms with Crippen molar-refractivity contribution in [2.24, 2.45) is 0 Å². The highest BCUT2D eigenvalue weighted by atomic mass is 79.9. The molecule has 23 heavy (non-hydrogen) atoms. The number of benzene rings is 2. The Bertz CT molecular complexity index is 819. The maximum absolute atomic E-state index is 12.8. The van der Waals surface area contributed by atoms with E-state index in [1.807, 2.05) is 24.3 Å². The van der Waals surface area contributed by atoms with Crippen molar-refractivity contribution in [3.63, 3.8) is 0 Å². The second-order valence-corrected chi connectivity index (χ2v) is 6.47. The predicted octanol–water partition coefficient (Wildman–Crippen LogP) is 4.61. The Morgan fingerprint density at radius 3 is 2.52 bits per heavy atom. The molecular formula is C16H10BrFN2O2S. The number of thioether (sulfide) groups is 1. The Balaban J connectivity index is 1.64. The van der Waals surface area contributed by atoms with E-state index in [9.17, 15) is 9.18 Å². The van der Waals surface area contributed by atoms with E-state index in [4.69, 9.17) is 4.52 Å². The van der Waals surface area contributed by atoms with Crippen LogP contribution in [0, 0.1) is 5.82 Å². The molecule has 0 radical (unpaired) electrons. The molecule has 0 saturated carbocycles. The Labute approximate surface area is 144 Å². The summed E-state index contributed by atoms with van der Waals surface area (Å²) < 4.78 is 19.0. The number of halogens is 2. The zero-order chi connectivity index (χ0) is 16.2. The van der Waals surface area contributed by atoms with Crippen molar-refractivity contribution < 1.29 is 13.7 Å². The van der Waals surface area contributed by atoms with E-state index in [1.165, 1.54) is 36.0 Å². The van der Waals surface area contributed by atoms with Crippen LogP contribution in [0.2, 0.25) is 0 Å². The van der Waals surface area contributed by atoms with Gasteiger partial charge in [-0.2, -0.15) is 4.98 Å². The molecule has 3 rings (SSSR count). The molecule has 0 aliphatic carbocycles. The third-order valence-corrected chi connectivity index (χ3v) is 4.36. The monoisotopic (exact) mass is 392 g/mol. The minimum Gasteiger partial charge on any atom is -0.333 e. The molecule has 0 fully saturated rings. The van der Waals surface area contributed by atoms with Gasteiger partial charge in [-0.1, -0.05) is 27.7 Å². The molecule has 4 nitrogen and oxygen atoms in total. The van der Waals surface area contributed by atoms with Gasteiger partial charge in [0.15, 0.2) is 5.78 Å². The summed E-state index contributed by atoms with van der Waals surface area (Å²) in [6.07, 6.45) is 0. The quantitative estimate of drug-likeness (QED) is 0.468. The highest BCUT2D eigenvalue weighted by Crippen LogP contribution is 2.23. The lowest BCUT2D eigenvalue weighted by Gasteiger charge is -1.98. The van der Waals surface area contributed by atoms with Gasteiger partial charge in [0.05, 0.1) is 5.75 Å². The Kier molecular flexibility index (Phi) is 4.88. The second-order valence-electron chi connectivity index (χ2n) is 4.61. The number of carbonyl (C=O) groups excluding carboxylic acids is 1. The minimum absolute atomic E-state index is 0.120. The number of aromatic nitrogens is 2. The molecule has 0 saturated heterocycles. The van der Waals surface area contributed by atoms with Crippen molar-refractivity contribution in [2.75, 3.05) is 5.75 Å². The molecule has 2 aromatic carbocycles. The average Bonchev–Trinajstić information content (AvgIpc) is 3.03. The highest BCUT2D eigenvalue weighted by molar-refractivity contribution is 9.10. The van der Waals surface area contributed by atoms with Crippen LogP contribution in [0.5, 0.6) is 0 Å². The van der Waals surface area contributed by atoms with Crippen molar-refractivity contribution in [2.45, 2.75) is 5.16 Å². The second kappa shape index (κ2) is 7.06. The lowest BCUT2D eigenvalue weighted by atomic mass is 10.1. The van der Waals surface area contributed by atoms with E-state index < -0.39 is 0 Å². The van der Waals surface area contributed by atoms with E-state index >= 15 is 0 Å². The van der Waals surface area contributed by atoms with Gasteiger partial charge < -0.3 is 4.52 Å². The maximum atomic E-state index is 12.8. The van der Waals surface area contributed by atoms with Gasteiger partial charge in [-0.05, 0) is 53.7 Å². The van der Waals surface area contributed by atoms with Crippen LogP contribution in [-0.4, -0.2) is 21.7 Å². The Hall–Kier alpha value is -1.99. The summed E-state index contributed by atoms with van der Waals surface area (Å²) >= 11 is 4.54. The number of carbonyl (C=O) groups is 1. The molecule has 1 aromatic heterocycles. The molecule has 0 atom stereocenters. The van der Waals surface area contributed by atoms with Crippen molar-refractivity contribution in [1.29, 1.82) is 0 Å². The first-order valence-electron chi connectivity index (χ1n) is 6.63. The molecule has 116 valence electrons. The number of nitrogens with zero attached hydrogens (tertiary/aromatic N) is 2. The maximum Gasteiger partial charge on any atom is 0.258 e. The molecule has 3 aromatic rings. The minimum atomic E-state index is -0.369. The SMILES string of the molecule is O=C(CSc1noc(-c2ccc(Br)cc2)n1)c1ccc(F)cc1. The third-order valence-electron chi connectivity index (χ3n) is 3.00. The summed E-state index contributed by atoms with van der Waals surface area (Å²) in [6.45, 7) is 0. The van der Waals surface area contributed by atoms with Gasteiger partial charge in [0.1, 0.15) is 5.82 Å². The molecule has 0 aliphatic heterocycles. The summed E-state index contributed by atoms with van der Waals surface area (Å²) in [5, 5.41) is 4.24. The van der Waals surface area contributed by atoms with Gasteiger partial charge in [0.2, 0.25) is 5.16 Å². The molecule has 1 heterocycles. The lowest BCUT2D eigenvalue weighted by molar-refractivity contribution is 0.102. The molecule has 0 N–H and O–H groups in total. The van der Waals surface area contributed by atoms with Gasteiger partial charge in [-0.15, -0.1) is 0 Å². The van der Waals surface area contributed by atoms with Gasteiger partial charge in [0, 0.05) is 15.6 Å². The number of rotatable bonds is 5. The van der Waals surface area contributed by atoms with E-state index in [0.29, 0.717) is 16.6 Å². The fraction of sp³-hybridized carbons (Fsp3) is 0.0625. The number of Topliss-reactive ketones (excluding diaryl/α,β-unsaturated/α-hetero) is 1. The first-order chi connectivity index (χ1) is 11.1. The van der Waals surface area contributed by atoms with Gasteiger partial charge in [0.25, 0.3) is 5.89 Å². The molecule has 0 spiro atoms. The van der Waals surface area contributed by atoms with Crippen molar-refractivity contribution in [3.05, 3.63) is 64.4 Å². The van der Waals surface area contributed by atoms with Crippen molar-refractivity contribution in [1.82, 2.24) is 10.1 Å². The predicted molar refractivity (Wildman–Crippen MR) is 88.9 cm³/mol. The topological polar surface area (TPSA) is 56.0 Å². The highest BCUT2D eigenvalue weighted by Gasteiger charge is 2.12. The fourth-order valence-electron chi connectivity index (χ4n) is 1.83. The Morgan fingerprint density at radius 1 is 1.13 bits per heavy atom. The third kappa shape index (κ3) is 4.05. The molecule has 7 heteroatoms. The largest absolute Gasteiger partial charge is 0.333 e. The zero-order valence-electron chi connectivity index (χ0n) is 11.7. The number of hydrogen-bond donors (Lipinski definition) is 0. The standard InChI is InChI=1S/C16H10BrFN2O2S/c17-12-5-1-11(2-6-12)15-19-16(20-22-15)23-9-14(21)10-3-7-13(18)8-4-10/h1-8H,9H2. The summed E-state index contributed by atoms with van der Waals surface area (Å²) in [7, 11) is 0. The number of hydrogen-bond acceptors (Lipinski definition) is 5. The van der Waals surface area contributed by atoms with Crippen LogP contribution in [0.15, 0.2) is 62.7 Å². The van der Waals surface area contributed by atoms with Gasteiger partial charge >= 0.3 is 0 Å². The van der Waals surface area contributed by atoms with E-state index in [1.54, 1.807) is 0 Å². The average molecular weight is 393 g/mol. The van der Waals surface area contributed by atoms with Gasteiger partial charge in [-0.25, -0.2) is 4.39 Å². The number of ketones is 1. The summed E-state index contributed by atoms with van der Waals surface area (Å²) in [6, 6.07) is 12.9. The van der Waals surface area contributed by atoms with Gasteiger partial charge in [-0.3, -0.25) is 4.79 Å². The molecule has 0 amide bonds. The zero-order valence-corrected chi connectivity index (χ0v) is 14.1. The lowest BCUT2D eigenvalue weighted by Crippen LogP contribution is -2.02. The van der Waals surface area contributed by atoms with Crippen LogP contribution in [0.3, 0.4) is 0 Å². The van der Waals surface area contributed by atoms with Crippen LogP contribution in [0.1, 0.15) is 10.4 Å².